The number of hydrogen-bond donors (Lipinski definition) is 3. The molecule has 7 nitrogen and oxygen atoms in total. The van der Waals surface area contributed by atoms with E-state index in [2.05, 4.69) is 32.0 Å². The van der Waals surface area contributed by atoms with Crippen molar-refractivity contribution < 1.29 is 0 Å². The van der Waals surface area contributed by atoms with Crippen molar-refractivity contribution >= 4 is 11.8 Å². The molecule has 2 aromatic rings. The summed E-state index contributed by atoms with van der Waals surface area (Å²) in [5, 5.41) is 7.38. The van der Waals surface area contributed by atoms with E-state index in [0.717, 1.165) is 54.4 Å². The molecule has 5 N–H and O–H groups in total. The summed E-state index contributed by atoms with van der Waals surface area (Å²) >= 11 is 0. The average molecular weight is 287 g/mol. The molecule has 1 aliphatic heterocycles. The van der Waals surface area contributed by atoms with Gasteiger partial charge in [-0.25, -0.2) is 4.98 Å². The Labute approximate surface area is 123 Å². The normalized spacial score (nSPS) is 18.4. The highest BCUT2D eigenvalue weighted by molar-refractivity contribution is 5.65. The molecule has 0 unspecified atom stereocenters. The van der Waals surface area contributed by atoms with Crippen LogP contribution in [0.25, 0.3) is 11.4 Å². The number of nitrogens with two attached hydrogens (primary N) is 2. The van der Waals surface area contributed by atoms with Gasteiger partial charge in [-0.2, -0.15) is 10.1 Å². The second-order valence-electron chi connectivity index (χ2n) is 5.49. The molecule has 3 heterocycles. The molecule has 0 aromatic carbocycles. The highest BCUT2D eigenvalue weighted by atomic mass is 15.2. The first-order chi connectivity index (χ1) is 10.1. The molecule has 112 valence electrons. The van der Waals surface area contributed by atoms with Crippen molar-refractivity contribution in [1.82, 2.24) is 20.2 Å². The summed E-state index contributed by atoms with van der Waals surface area (Å²) in [6.45, 7) is 5.83. The standard InChI is InChI=1S/C14H21N7/c1-3-10-8(2)13(20-19-10)11-6-12(18-14(16)17-11)21-5-4-9(15)7-21/h6,9H,3-5,7,15H2,1-2H3,(H,19,20)(H2,16,17,18)/t9-/m1/s1. The third kappa shape index (κ3) is 2.56. The zero-order chi connectivity index (χ0) is 15.0. The molecule has 3 rings (SSSR count). The minimum atomic E-state index is 0.199. The maximum atomic E-state index is 5.96. The third-order valence-corrected chi connectivity index (χ3v) is 3.98. The molecule has 0 aliphatic carbocycles. The van der Waals surface area contributed by atoms with Crippen molar-refractivity contribution in [2.45, 2.75) is 32.7 Å². The predicted molar refractivity (Wildman–Crippen MR) is 82.9 cm³/mol. The van der Waals surface area contributed by atoms with Gasteiger partial charge in [-0.3, -0.25) is 5.10 Å². The lowest BCUT2D eigenvalue weighted by Gasteiger charge is -2.17. The molecule has 1 atom stereocenters. The van der Waals surface area contributed by atoms with Gasteiger partial charge in [0.2, 0.25) is 5.95 Å². The van der Waals surface area contributed by atoms with Crippen LogP contribution in [0.5, 0.6) is 0 Å². The van der Waals surface area contributed by atoms with Gasteiger partial charge in [0.15, 0.2) is 0 Å². The van der Waals surface area contributed by atoms with Crippen LogP contribution in [0.3, 0.4) is 0 Å². The molecular formula is C14H21N7. The first kappa shape index (κ1) is 13.8. The summed E-state index contributed by atoms with van der Waals surface area (Å²) in [7, 11) is 0. The lowest BCUT2D eigenvalue weighted by Crippen LogP contribution is -2.27. The smallest absolute Gasteiger partial charge is 0.222 e. The molecule has 0 bridgehead atoms. The van der Waals surface area contributed by atoms with Crippen molar-refractivity contribution in [2.24, 2.45) is 5.73 Å². The Hall–Kier alpha value is -2.15. The van der Waals surface area contributed by atoms with Gasteiger partial charge in [0.1, 0.15) is 5.82 Å². The van der Waals surface area contributed by atoms with Gasteiger partial charge >= 0.3 is 0 Å². The monoisotopic (exact) mass is 287 g/mol. The van der Waals surface area contributed by atoms with Crippen LogP contribution in [0, 0.1) is 6.92 Å². The molecule has 7 heteroatoms. The van der Waals surface area contributed by atoms with Crippen LogP contribution in [-0.4, -0.2) is 39.3 Å². The summed E-state index contributed by atoms with van der Waals surface area (Å²) < 4.78 is 0. The van der Waals surface area contributed by atoms with Crippen LogP contribution in [-0.2, 0) is 6.42 Å². The van der Waals surface area contributed by atoms with Gasteiger partial charge in [-0.1, -0.05) is 6.92 Å². The summed E-state index contributed by atoms with van der Waals surface area (Å²) in [6, 6.07) is 2.15. The van der Waals surface area contributed by atoms with E-state index < -0.39 is 0 Å². The predicted octanol–water partition coefficient (Wildman–Crippen LogP) is 0.857. The minimum Gasteiger partial charge on any atom is -0.368 e. The number of aryl methyl sites for hydroxylation is 1. The van der Waals surface area contributed by atoms with Crippen LogP contribution in [0.15, 0.2) is 6.07 Å². The lowest BCUT2D eigenvalue weighted by molar-refractivity contribution is 0.751. The van der Waals surface area contributed by atoms with Crippen LogP contribution in [0.2, 0.25) is 0 Å². The topological polar surface area (TPSA) is 110 Å². The van der Waals surface area contributed by atoms with Crippen LogP contribution < -0.4 is 16.4 Å². The first-order valence-electron chi connectivity index (χ1n) is 7.27. The van der Waals surface area contributed by atoms with E-state index in [9.17, 15) is 0 Å². The van der Waals surface area contributed by atoms with Gasteiger partial charge < -0.3 is 16.4 Å². The number of nitrogens with one attached hydrogen (secondary N) is 1. The molecule has 2 aromatic heterocycles. The SMILES string of the molecule is CCc1n[nH]c(-c2cc(N3CC[C@@H](N)C3)nc(N)n2)c1C. The van der Waals surface area contributed by atoms with Crippen molar-refractivity contribution in [3.05, 3.63) is 17.3 Å². The highest BCUT2D eigenvalue weighted by Gasteiger charge is 2.22. The quantitative estimate of drug-likeness (QED) is 0.772. The fourth-order valence-electron chi connectivity index (χ4n) is 2.77. The Bertz CT molecular complexity index is 649. The number of rotatable bonds is 3. The molecule has 1 saturated heterocycles. The van der Waals surface area contributed by atoms with Crippen LogP contribution >= 0.6 is 0 Å². The molecular weight excluding hydrogens is 266 g/mol. The molecule has 21 heavy (non-hydrogen) atoms. The first-order valence-corrected chi connectivity index (χ1v) is 7.27. The van der Waals surface area contributed by atoms with Crippen LogP contribution in [0.1, 0.15) is 24.6 Å². The van der Waals surface area contributed by atoms with E-state index in [4.69, 9.17) is 11.5 Å². The number of nitrogens with zero attached hydrogens (tertiary/aromatic N) is 4. The summed E-state index contributed by atoms with van der Waals surface area (Å²) in [5.74, 6) is 1.10. The summed E-state index contributed by atoms with van der Waals surface area (Å²) in [6.07, 6.45) is 1.86. The summed E-state index contributed by atoms with van der Waals surface area (Å²) in [4.78, 5) is 10.8. The zero-order valence-corrected chi connectivity index (χ0v) is 12.4. The maximum Gasteiger partial charge on any atom is 0.222 e. The van der Waals surface area contributed by atoms with Crippen molar-refractivity contribution in [3.8, 4) is 11.4 Å². The van der Waals surface area contributed by atoms with Crippen molar-refractivity contribution in [3.63, 3.8) is 0 Å². The number of anilines is 2. The number of aromatic nitrogens is 4. The fraction of sp³-hybridized carbons (Fsp3) is 0.500. The molecule has 0 radical (unpaired) electrons. The van der Waals surface area contributed by atoms with Gasteiger partial charge in [-0.05, 0) is 25.3 Å². The van der Waals surface area contributed by atoms with Gasteiger partial charge in [0.25, 0.3) is 0 Å². The molecule has 1 fully saturated rings. The van der Waals surface area contributed by atoms with Crippen molar-refractivity contribution in [1.29, 1.82) is 0 Å². The Morgan fingerprint density at radius 2 is 2.24 bits per heavy atom. The molecule has 0 amide bonds. The Kier molecular flexibility index (Phi) is 3.50. The van der Waals surface area contributed by atoms with E-state index in [0.29, 0.717) is 0 Å². The van der Waals surface area contributed by atoms with E-state index in [1.807, 2.05) is 13.0 Å². The van der Waals surface area contributed by atoms with E-state index >= 15 is 0 Å². The second-order valence-corrected chi connectivity index (χ2v) is 5.49. The van der Waals surface area contributed by atoms with E-state index in [-0.39, 0.29) is 12.0 Å². The Morgan fingerprint density at radius 3 is 2.86 bits per heavy atom. The van der Waals surface area contributed by atoms with Crippen LogP contribution in [0.4, 0.5) is 11.8 Å². The average Bonchev–Trinajstić information content (AvgIpc) is 3.04. The van der Waals surface area contributed by atoms with Crippen molar-refractivity contribution in [2.75, 3.05) is 23.7 Å². The van der Waals surface area contributed by atoms with E-state index in [1.54, 1.807) is 0 Å². The van der Waals surface area contributed by atoms with Gasteiger partial charge in [0.05, 0.1) is 17.1 Å². The van der Waals surface area contributed by atoms with Gasteiger partial charge in [0, 0.05) is 25.2 Å². The molecule has 1 aliphatic rings. The zero-order valence-electron chi connectivity index (χ0n) is 12.4. The summed E-state index contributed by atoms with van der Waals surface area (Å²) in [5.41, 5.74) is 15.7. The third-order valence-electron chi connectivity index (χ3n) is 3.98. The van der Waals surface area contributed by atoms with E-state index in [1.165, 1.54) is 0 Å². The number of aromatic amines is 1. The second kappa shape index (κ2) is 5.33. The molecule has 0 saturated carbocycles. The Balaban J connectivity index is 1.99. The largest absolute Gasteiger partial charge is 0.368 e. The molecule has 0 spiro atoms. The Morgan fingerprint density at radius 1 is 1.43 bits per heavy atom. The lowest BCUT2D eigenvalue weighted by atomic mass is 10.1. The highest BCUT2D eigenvalue weighted by Crippen LogP contribution is 2.26. The fourth-order valence-corrected chi connectivity index (χ4v) is 2.77. The number of nitrogen functional groups attached to an aromatic ring is 1. The number of hydrogen-bond acceptors (Lipinski definition) is 6. The maximum absolute atomic E-state index is 5.96. The minimum absolute atomic E-state index is 0.199. The number of H-pyrrole nitrogens is 1. The van der Waals surface area contributed by atoms with Gasteiger partial charge in [-0.15, -0.1) is 0 Å².